The van der Waals surface area contributed by atoms with Gasteiger partial charge in [0.1, 0.15) is 0 Å². The van der Waals surface area contributed by atoms with E-state index >= 15 is 0 Å². The summed E-state index contributed by atoms with van der Waals surface area (Å²) in [4.78, 5) is 14.2. The smallest absolute Gasteiger partial charge is 0.0965 e. The molecule has 0 N–H and O–H groups in total. The third kappa shape index (κ3) is 2.75. The monoisotopic (exact) mass is 505 g/mol. The molecule has 5 aromatic carbocycles. The van der Waals surface area contributed by atoms with Crippen LogP contribution in [0.1, 0.15) is 22.3 Å². The SMILES string of the molecule is CN1c2ccccc2C2(c3ccccc3Sc3c(-c4cccc5nccnc45)cccc32)c2ccccc21. The lowest BCUT2D eigenvalue weighted by molar-refractivity contribution is 0.690. The van der Waals surface area contributed by atoms with Gasteiger partial charge in [-0.25, -0.2) is 0 Å². The number of nitrogens with zero attached hydrogens (tertiary/aromatic N) is 3. The number of anilines is 2. The van der Waals surface area contributed by atoms with Gasteiger partial charge in [0.25, 0.3) is 0 Å². The molecule has 180 valence electrons. The highest BCUT2D eigenvalue weighted by molar-refractivity contribution is 7.99. The van der Waals surface area contributed by atoms with Crippen LogP contribution in [0.5, 0.6) is 0 Å². The summed E-state index contributed by atoms with van der Waals surface area (Å²) >= 11 is 1.87. The van der Waals surface area contributed by atoms with Crippen LogP contribution in [0, 0.1) is 0 Å². The van der Waals surface area contributed by atoms with E-state index in [9.17, 15) is 0 Å². The van der Waals surface area contributed by atoms with Gasteiger partial charge in [0, 0.05) is 46.2 Å². The van der Waals surface area contributed by atoms with E-state index in [0.717, 1.165) is 16.6 Å². The Morgan fingerprint density at radius 3 is 1.97 bits per heavy atom. The fourth-order valence-corrected chi connectivity index (χ4v) is 7.82. The molecule has 38 heavy (non-hydrogen) atoms. The summed E-state index contributed by atoms with van der Waals surface area (Å²) in [5.74, 6) is 0. The van der Waals surface area contributed by atoms with Gasteiger partial charge in [-0.3, -0.25) is 9.97 Å². The molecule has 2 aliphatic rings. The minimum atomic E-state index is -0.441. The Morgan fingerprint density at radius 1 is 0.579 bits per heavy atom. The minimum Gasteiger partial charge on any atom is -0.344 e. The van der Waals surface area contributed by atoms with Crippen molar-refractivity contribution in [3.63, 3.8) is 0 Å². The summed E-state index contributed by atoms with van der Waals surface area (Å²) in [6.07, 6.45) is 3.55. The molecule has 0 aliphatic carbocycles. The van der Waals surface area contributed by atoms with Gasteiger partial charge >= 0.3 is 0 Å². The Morgan fingerprint density at radius 2 is 1.18 bits per heavy atom. The highest BCUT2D eigenvalue weighted by Crippen LogP contribution is 2.62. The number of hydrogen-bond acceptors (Lipinski definition) is 4. The molecule has 8 rings (SSSR count). The van der Waals surface area contributed by atoms with E-state index in [1.54, 1.807) is 12.4 Å². The second-order valence-corrected chi connectivity index (χ2v) is 10.9. The average molecular weight is 506 g/mol. The van der Waals surface area contributed by atoms with Crippen LogP contribution in [0.3, 0.4) is 0 Å². The first-order chi connectivity index (χ1) is 18.8. The largest absolute Gasteiger partial charge is 0.344 e. The molecule has 0 radical (unpaired) electrons. The molecule has 6 aromatic rings. The lowest BCUT2D eigenvalue weighted by Crippen LogP contribution is -2.39. The topological polar surface area (TPSA) is 29.0 Å². The van der Waals surface area contributed by atoms with Crippen LogP contribution in [-0.4, -0.2) is 17.0 Å². The van der Waals surface area contributed by atoms with Crippen molar-refractivity contribution >= 4 is 34.2 Å². The van der Waals surface area contributed by atoms with Gasteiger partial charge in [0.2, 0.25) is 0 Å². The maximum atomic E-state index is 4.76. The quantitative estimate of drug-likeness (QED) is 0.225. The molecule has 0 saturated heterocycles. The molecule has 0 saturated carbocycles. The molecule has 1 aromatic heterocycles. The van der Waals surface area contributed by atoms with Crippen molar-refractivity contribution in [2.75, 3.05) is 11.9 Å². The summed E-state index contributed by atoms with van der Waals surface area (Å²) in [6.45, 7) is 0. The van der Waals surface area contributed by atoms with Crippen molar-refractivity contribution in [1.82, 2.24) is 9.97 Å². The third-order valence-electron chi connectivity index (χ3n) is 8.05. The fourth-order valence-electron chi connectivity index (χ4n) is 6.51. The van der Waals surface area contributed by atoms with Gasteiger partial charge in [0.05, 0.1) is 16.4 Å². The molecular formula is C34H23N3S. The molecular weight excluding hydrogens is 482 g/mol. The molecule has 0 amide bonds. The zero-order valence-electron chi connectivity index (χ0n) is 20.8. The van der Waals surface area contributed by atoms with E-state index in [1.807, 2.05) is 17.8 Å². The van der Waals surface area contributed by atoms with E-state index in [4.69, 9.17) is 4.98 Å². The van der Waals surface area contributed by atoms with Crippen LogP contribution < -0.4 is 4.90 Å². The Kier molecular flexibility index (Phi) is 4.58. The Labute approximate surface area is 225 Å². The fraction of sp³-hybridized carbons (Fsp3) is 0.0588. The Hall–Kier alpha value is -4.41. The first-order valence-electron chi connectivity index (χ1n) is 12.8. The maximum absolute atomic E-state index is 4.76. The standard InChI is InChI=1S/C34H23N3S/c1-37-29-17-5-2-12-24(29)34(25-13-3-6-18-30(25)37)26-14-4-7-19-31(26)38-33-23(11-8-15-27(33)34)22-10-9-16-28-32(22)36-21-20-35-28/h2-21H,1H3. The number of benzene rings is 5. The molecule has 4 heteroatoms. The summed E-state index contributed by atoms with van der Waals surface area (Å²) in [5.41, 5.74) is 11.5. The predicted molar refractivity (Wildman–Crippen MR) is 155 cm³/mol. The van der Waals surface area contributed by atoms with Gasteiger partial charge < -0.3 is 4.90 Å². The van der Waals surface area contributed by atoms with E-state index in [2.05, 4.69) is 120 Å². The number of para-hydroxylation sites is 3. The van der Waals surface area contributed by atoms with Crippen LogP contribution in [0.15, 0.2) is 131 Å². The van der Waals surface area contributed by atoms with E-state index in [-0.39, 0.29) is 0 Å². The van der Waals surface area contributed by atoms with Crippen molar-refractivity contribution in [3.05, 3.63) is 144 Å². The van der Waals surface area contributed by atoms with Crippen LogP contribution in [0.4, 0.5) is 11.4 Å². The molecule has 0 fully saturated rings. The van der Waals surface area contributed by atoms with Crippen molar-refractivity contribution in [2.24, 2.45) is 0 Å². The lowest BCUT2D eigenvalue weighted by Gasteiger charge is -2.48. The second-order valence-electron chi connectivity index (χ2n) is 9.85. The summed E-state index contributed by atoms with van der Waals surface area (Å²) in [7, 11) is 2.18. The Bertz CT molecular complexity index is 1840. The van der Waals surface area contributed by atoms with Crippen molar-refractivity contribution < 1.29 is 0 Å². The number of rotatable bonds is 1. The first kappa shape index (κ1) is 21.7. The average Bonchev–Trinajstić information content (AvgIpc) is 2.99. The van der Waals surface area contributed by atoms with E-state index in [0.29, 0.717) is 0 Å². The van der Waals surface area contributed by atoms with E-state index < -0.39 is 5.41 Å². The van der Waals surface area contributed by atoms with Gasteiger partial charge in [-0.2, -0.15) is 0 Å². The highest BCUT2D eigenvalue weighted by Gasteiger charge is 2.49. The summed E-state index contributed by atoms with van der Waals surface area (Å²) < 4.78 is 0. The van der Waals surface area contributed by atoms with Crippen LogP contribution >= 0.6 is 11.8 Å². The zero-order valence-corrected chi connectivity index (χ0v) is 21.6. The summed E-state index contributed by atoms with van der Waals surface area (Å²) in [5, 5.41) is 0. The van der Waals surface area contributed by atoms with Crippen molar-refractivity contribution in [1.29, 1.82) is 0 Å². The summed E-state index contributed by atoms with van der Waals surface area (Å²) in [6, 6.07) is 39.8. The van der Waals surface area contributed by atoms with E-state index in [1.165, 1.54) is 49.0 Å². The first-order valence-corrected chi connectivity index (χ1v) is 13.6. The van der Waals surface area contributed by atoms with Crippen LogP contribution in [-0.2, 0) is 5.41 Å². The maximum Gasteiger partial charge on any atom is 0.0965 e. The molecule has 0 atom stereocenters. The van der Waals surface area contributed by atoms with Crippen molar-refractivity contribution in [3.8, 4) is 11.1 Å². The molecule has 3 heterocycles. The normalized spacial score (nSPS) is 14.5. The van der Waals surface area contributed by atoms with Gasteiger partial charge in [-0.15, -0.1) is 0 Å². The molecule has 1 spiro atoms. The molecule has 2 aliphatic heterocycles. The zero-order chi connectivity index (χ0) is 25.3. The van der Waals surface area contributed by atoms with Crippen molar-refractivity contribution in [2.45, 2.75) is 15.2 Å². The molecule has 3 nitrogen and oxygen atoms in total. The third-order valence-corrected chi connectivity index (χ3v) is 9.27. The van der Waals surface area contributed by atoms with Gasteiger partial charge in [0.15, 0.2) is 0 Å². The lowest BCUT2D eigenvalue weighted by atomic mass is 9.62. The molecule has 0 unspecified atom stereocenters. The van der Waals surface area contributed by atoms with Crippen LogP contribution in [0.25, 0.3) is 22.2 Å². The number of hydrogen-bond donors (Lipinski definition) is 0. The second kappa shape index (κ2) is 8.04. The minimum absolute atomic E-state index is 0.441. The molecule has 0 bridgehead atoms. The van der Waals surface area contributed by atoms with Gasteiger partial charge in [-0.05, 0) is 52.1 Å². The van der Waals surface area contributed by atoms with Crippen LogP contribution in [0.2, 0.25) is 0 Å². The Balaban J connectivity index is 1.54. The number of aromatic nitrogens is 2. The number of fused-ring (bicyclic) bond motifs is 9. The van der Waals surface area contributed by atoms with Gasteiger partial charge in [-0.1, -0.05) is 96.7 Å². The predicted octanol–water partition coefficient (Wildman–Crippen LogP) is 8.23. The highest BCUT2D eigenvalue weighted by atomic mass is 32.2.